The molecule has 0 aliphatic heterocycles. The summed E-state index contributed by atoms with van der Waals surface area (Å²) in [6.45, 7) is 3.85. The minimum absolute atomic E-state index is 0.0263. The van der Waals surface area contributed by atoms with Crippen molar-refractivity contribution in [2.45, 2.75) is 39.0 Å². The Kier molecular flexibility index (Phi) is 7.93. The van der Waals surface area contributed by atoms with Crippen molar-refractivity contribution in [3.05, 3.63) is 71.8 Å². The minimum Gasteiger partial charge on any atom is -0.466 e. The molecule has 2 unspecified atom stereocenters. The fraction of sp³-hybridized carbons (Fsp3) is 0.348. The molecule has 0 aliphatic rings. The molecule has 0 N–H and O–H groups in total. The molecular formula is C23H26O4. The third-order valence-electron chi connectivity index (χ3n) is 4.59. The van der Waals surface area contributed by atoms with Gasteiger partial charge in [-0.3, -0.25) is 14.4 Å². The van der Waals surface area contributed by atoms with Crippen molar-refractivity contribution in [1.29, 1.82) is 0 Å². The molecule has 2 aromatic carbocycles. The molecular weight excluding hydrogens is 340 g/mol. The van der Waals surface area contributed by atoms with Gasteiger partial charge < -0.3 is 4.74 Å². The number of Topliss-reactive ketones (excluding diaryl/α,β-unsaturated/α-hetero) is 2. The van der Waals surface area contributed by atoms with E-state index in [1.54, 1.807) is 26.0 Å². The minimum atomic E-state index is -0.506. The zero-order chi connectivity index (χ0) is 19.6. The van der Waals surface area contributed by atoms with E-state index in [0.29, 0.717) is 18.6 Å². The Hall–Kier alpha value is -2.75. The van der Waals surface area contributed by atoms with Gasteiger partial charge in [-0.25, -0.2) is 0 Å². The average Bonchev–Trinajstić information content (AvgIpc) is 2.71. The number of carbonyl (C=O) groups is 3. The molecule has 0 radical (unpaired) electrons. The third-order valence-corrected chi connectivity index (χ3v) is 4.59. The fourth-order valence-corrected chi connectivity index (χ4v) is 2.97. The van der Waals surface area contributed by atoms with Gasteiger partial charge >= 0.3 is 5.97 Å². The number of rotatable bonds is 10. The number of ether oxygens (including phenoxy) is 1. The second-order valence-corrected chi connectivity index (χ2v) is 6.61. The molecule has 0 aliphatic carbocycles. The maximum atomic E-state index is 12.9. The molecule has 2 rings (SSSR count). The maximum absolute atomic E-state index is 12.9. The van der Waals surface area contributed by atoms with E-state index in [9.17, 15) is 14.4 Å². The Morgan fingerprint density at radius 3 is 2.11 bits per heavy atom. The van der Waals surface area contributed by atoms with Gasteiger partial charge in [0.1, 0.15) is 5.78 Å². The summed E-state index contributed by atoms with van der Waals surface area (Å²) in [4.78, 5) is 37.3. The predicted octanol–water partition coefficient (Wildman–Crippen LogP) is 4.59. The molecule has 0 spiro atoms. The largest absolute Gasteiger partial charge is 0.466 e. The molecule has 2 aromatic rings. The van der Waals surface area contributed by atoms with Gasteiger partial charge in [-0.05, 0) is 18.9 Å². The normalized spacial score (nSPS) is 12.8. The van der Waals surface area contributed by atoms with Gasteiger partial charge in [0.2, 0.25) is 0 Å². The van der Waals surface area contributed by atoms with Crippen LogP contribution in [0.1, 0.15) is 54.9 Å². The topological polar surface area (TPSA) is 60.4 Å². The van der Waals surface area contributed by atoms with Crippen LogP contribution in [0.15, 0.2) is 60.7 Å². The third kappa shape index (κ3) is 6.17. The van der Waals surface area contributed by atoms with Gasteiger partial charge in [-0.2, -0.15) is 0 Å². The van der Waals surface area contributed by atoms with Crippen molar-refractivity contribution in [2.24, 2.45) is 5.92 Å². The monoisotopic (exact) mass is 366 g/mol. The van der Waals surface area contributed by atoms with Crippen LogP contribution in [0.4, 0.5) is 0 Å². The summed E-state index contributed by atoms with van der Waals surface area (Å²) in [5.41, 5.74) is 1.43. The molecule has 0 saturated heterocycles. The molecule has 27 heavy (non-hydrogen) atoms. The molecule has 0 fully saturated rings. The van der Waals surface area contributed by atoms with E-state index in [1.807, 2.05) is 48.5 Å². The van der Waals surface area contributed by atoms with Gasteiger partial charge in [-0.1, -0.05) is 67.6 Å². The number of hydrogen-bond acceptors (Lipinski definition) is 4. The molecule has 0 aromatic heterocycles. The predicted molar refractivity (Wildman–Crippen MR) is 105 cm³/mol. The Morgan fingerprint density at radius 2 is 1.52 bits per heavy atom. The quantitative estimate of drug-likeness (QED) is 0.456. The summed E-state index contributed by atoms with van der Waals surface area (Å²) in [6.07, 6.45) is 0.781. The van der Waals surface area contributed by atoms with Crippen LogP contribution < -0.4 is 0 Å². The Balaban J connectivity index is 2.09. The number of benzene rings is 2. The number of ketones is 2. The lowest BCUT2D eigenvalue weighted by atomic mass is 9.85. The lowest BCUT2D eigenvalue weighted by molar-refractivity contribution is -0.147. The van der Waals surface area contributed by atoms with E-state index in [-0.39, 0.29) is 36.3 Å². The molecule has 4 nitrogen and oxygen atoms in total. The lowest BCUT2D eigenvalue weighted by Crippen LogP contribution is -2.20. The van der Waals surface area contributed by atoms with Crippen LogP contribution in [-0.2, 0) is 14.3 Å². The summed E-state index contributed by atoms with van der Waals surface area (Å²) in [7, 11) is 0. The van der Waals surface area contributed by atoms with E-state index < -0.39 is 5.92 Å². The van der Waals surface area contributed by atoms with Crippen LogP contribution in [0.25, 0.3) is 0 Å². The van der Waals surface area contributed by atoms with Gasteiger partial charge in [0.05, 0.1) is 12.5 Å². The molecule has 0 heterocycles. The molecule has 142 valence electrons. The van der Waals surface area contributed by atoms with Crippen molar-refractivity contribution < 1.29 is 19.1 Å². The molecule has 0 amide bonds. The molecule has 0 bridgehead atoms. The second-order valence-electron chi connectivity index (χ2n) is 6.61. The van der Waals surface area contributed by atoms with Gasteiger partial charge in [0, 0.05) is 24.3 Å². The first-order valence-electron chi connectivity index (χ1n) is 9.35. The summed E-state index contributed by atoms with van der Waals surface area (Å²) in [5, 5.41) is 0. The van der Waals surface area contributed by atoms with Crippen molar-refractivity contribution in [2.75, 3.05) is 6.61 Å². The smallest absolute Gasteiger partial charge is 0.308 e. The first kappa shape index (κ1) is 20.6. The van der Waals surface area contributed by atoms with Crippen LogP contribution in [0.3, 0.4) is 0 Å². The maximum Gasteiger partial charge on any atom is 0.308 e. The highest BCUT2D eigenvalue weighted by Gasteiger charge is 2.25. The van der Waals surface area contributed by atoms with Gasteiger partial charge in [0.25, 0.3) is 0 Å². The average molecular weight is 366 g/mol. The van der Waals surface area contributed by atoms with Crippen LogP contribution in [0.5, 0.6) is 0 Å². The first-order valence-corrected chi connectivity index (χ1v) is 9.35. The van der Waals surface area contributed by atoms with E-state index in [4.69, 9.17) is 4.74 Å². The highest BCUT2D eigenvalue weighted by atomic mass is 16.5. The standard InChI is InChI=1S/C23H26O4/c1-3-27-23(26)17(2)14-15-21(24)20(18-10-6-4-7-11-18)16-22(25)19-12-8-5-9-13-19/h4-13,17,20H,3,14-16H2,1-2H3. The molecule has 0 saturated carbocycles. The summed E-state index contributed by atoms with van der Waals surface area (Å²) in [5.74, 6) is -1.22. The SMILES string of the molecule is CCOC(=O)C(C)CCC(=O)C(CC(=O)c1ccccc1)c1ccccc1. The number of hydrogen-bond donors (Lipinski definition) is 0. The molecule has 2 atom stereocenters. The fourth-order valence-electron chi connectivity index (χ4n) is 2.97. The Labute approximate surface area is 160 Å². The summed E-state index contributed by atoms with van der Waals surface area (Å²) >= 11 is 0. The first-order chi connectivity index (χ1) is 13.0. The van der Waals surface area contributed by atoms with Gasteiger partial charge in [0.15, 0.2) is 5.78 Å². The number of carbonyl (C=O) groups excluding carboxylic acids is 3. The van der Waals surface area contributed by atoms with E-state index in [2.05, 4.69) is 0 Å². The van der Waals surface area contributed by atoms with E-state index in [1.165, 1.54) is 0 Å². The number of esters is 1. The zero-order valence-corrected chi connectivity index (χ0v) is 15.9. The van der Waals surface area contributed by atoms with E-state index >= 15 is 0 Å². The van der Waals surface area contributed by atoms with Crippen LogP contribution in [0, 0.1) is 5.92 Å². The highest BCUT2D eigenvalue weighted by Crippen LogP contribution is 2.26. The van der Waals surface area contributed by atoms with Crippen molar-refractivity contribution in [1.82, 2.24) is 0 Å². The summed E-state index contributed by atoms with van der Waals surface area (Å²) < 4.78 is 5.00. The van der Waals surface area contributed by atoms with Crippen LogP contribution >= 0.6 is 0 Å². The van der Waals surface area contributed by atoms with Crippen molar-refractivity contribution in [3.8, 4) is 0 Å². The van der Waals surface area contributed by atoms with E-state index in [0.717, 1.165) is 5.56 Å². The van der Waals surface area contributed by atoms with Gasteiger partial charge in [-0.15, -0.1) is 0 Å². The summed E-state index contributed by atoms with van der Waals surface area (Å²) in [6, 6.07) is 18.4. The van der Waals surface area contributed by atoms with Crippen LogP contribution in [0.2, 0.25) is 0 Å². The Morgan fingerprint density at radius 1 is 0.926 bits per heavy atom. The second kappa shape index (κ2) is 10.4. The van der Waals surface area contributed by atoms with Crippen molar-refractivity contribution >= 4 is 17.5 Å². The zero-order valence-electron chi connectivity index (χ0n) is 15.9. The Bertz CT molecular complexity index is 752. The van der Waals surface area contributed by atoms with Crippen molar-refractivity contribution in [3.63, 3.8) is 0 Å². The molecule has 4 heteroatoms. The highest BCUT2D eigenvalue weighted by molar-refractivity contribution is 6.00. The lowest BCUT2D eigenvalue weighted by Gasteiger charge is -2.17. The van der Waals surface area contributed by atoms with Crippen LogP contribution in [-0.4, -0.2) is 24.1 Å².